The highest BCUT2D eigenvalue weighted by Gasteiger charge is 2.25. The van der Waals surface area contributed by atoms with Crippen molar-refractivity contribution < 1.29 is 17.6 Å². The molecule has 0 saturated carbocycles. The van der Waals surface area contributed by atoms with E-state index in [0.29, 0.717) is 17.9 Å². The molecule has 8 heteroatoms. The lowest BCUT2D eigenvalue weighted by molar-refractivity contribution is 0.0979. The Labute approximate surface area is 158 Å². The van der Waals surface area contributed by atoms with Crippen LogP contribution in [0.25, 0.3) is 5.69 Å². The van der Waals surface area contributed by atoms with E-state index in [1.165, 1.54) is 18.3 Å². The molecule has 7 nitrogen and oxygen atoms in total. The number of hydrogen-bond acceptors (Lipinski definition) is 5. The summed E-state index contributed by atoms with van der Waals surface area (Å²) in [7, 11) is -4.09. The van der Waals surface area contributed by atoms with Crippen molar-refractivity contribution in [1.29, 1.82) is 0 Å². The lowest BCUT2D eigenvalue weighted by atomic mass is 10.1. The molecule has 0 radical (unpaired) electrons. The van der Waals surface area contributed by atoms with Crippen LogP contribution in [-0.2, 0) is 16.4 Å². The second kappa shape index (κ2) is 7.40. The average Bonchev–Trinajstić information content (AvgIpc) is 3.22. The highest BCUT2D eigenvalue weighted by Crippen LogP contribution is 2.20. The van der Waals surface area contributed by atoms with Gasteiger partial charge in [-0.3, -0.25) is 4.79 Å². The number of sulfonamides is 1. The van der Waals surface area contributed by atoms with E-state index in [9.17, 15) is 13.2 Å². The van der Waals surface area contributed by atoms with E-state index < -0.39 is 15.9 Å². The molecule has 0 spiro atoms. The molecule has 1 aromatic carbocycles. The van der Waals surface area contributed by atoms with E-state index in [1.807, 2.05) is 38.1 Å². The van der Waals surface area contributed by atoms with Crippen molar-refractivity contribution in [2.24, 2.45) is 0 Å². The Morgan fingerprint density at radius 2 is 1.93 bits per heavy atom. The Morgan fingerprint density at radius 1 is 1.19 bits per heavy atom. The lowest BCUT2D eigenvalue weighted by Gasteiger charge is -2.11. The van der Waals surface area contributed by atoms with Crippen molar-refractivity contribution in [3.05, 3.63) is 65.2 Å². The van der Waals surface area contributed by atoms with Gasteiger partial charge in [-0.15, -0.1) is 0 Å². The van der Waals surface area contributed by atoms with Crippen LogP contribution >= 0.6 is 0 Å². The summed E-state index contributed by atoms with van der Waals surface area (Å²) >= 11 is 0. The largest absolute Gasteiger partial charge is 0.448 e. The van der Waals surface area contributed by atoms with Crippen molar-refractivity contribution in [3.63, 3.8) is 0 Å². The van der Waals surface area contributed by atoms with Gasteiger partial charge in [0, 0.05) is 0 Å². The topological polar surface area (TPSA) is 94.2 Å². The fourth-order valence-electron chi connectivity index (χ4n) is 2.83. The Hall–Kier alpha value is -2.87. The zero-order chi connectivity index (χ0) is 19.6. The molecular formula is C19H21N3O4S. The summed E-state index contributed by atoms with van der Waals surface area (Å²) < 4.78 is 33.6. The van der Waals surface area contributed by atoms with Crippen LogP contribution in [0, 0.1) is 13.8 Å². The number of nitrogens with zero attached hydrogens (tertiary/aromatic N) is 2. The van der Waals surface area contributed by atoms with E-state index >= 15 is 0 Å². The summed E-state index contributed by atoms with van der Waals surface area (Å²) in [6, 6.07) is 10.5. The monoisotopic (exact) mass is 387 g/mol. The average molecular weight is 387 g/mol. The number of aryl methyl sites for hydroxylation is 2. The Balaban J connectivity index is 1.97. The molecule has 0 atom stereocenters. The third kappa shape index (κ3) is 3.80. The van der Waals surface area contributed by atoms with Crippen LogP contribution in [0.4, 0.5) is 0 Å². The summed E-state index contributed by atoms with van der Waals surface area (Å²) in [6.45, 7) is 5.57. The molecule has 2 aromatic heterocycles. The molecule has 0 fully saturated rings. The number of carbonyl (C=O) groups is 1. The SMILES string of the molecule is CCCc1c(C(=O)NS(=O)(=O)c2ccc(C)o2)cnn1-c1ccccc1C. The van der Waals surface area contributed by atoms with Gasteiger partial charge in [-0.05, 0) is 44.0 Å². The molecule has 0 unspecified atom stereocenters. The maximum atomic E-state index is 12.7. The first kappa shape index (κ1) is 18.9. The van der Waals surface area contributed by atoms with Crippen LogP contribution in [0.5, 0.6) is 0 Å². The van der Waals surface area contributed by atoms with E-state index in [0.717, 1.165) is 17.7 Å². The van der Waals surface area contributed by atoms with Crippen molar-refractivity contribution in [2.75, 3.05) is 0 Å². The van der Waals surface area contributed by atoms with E-state index in [1.54, 1.807) is 11.6 Å². The summed E-state index contributed by atoms with van der Waals surface area (Å²) in [4.78, 5) is 12.7. The van der Waals surface area contributed by atoms with Gasteiger partial charge in [-0.25, -0.2) is 9.40 Å². The molecule has 0 aliphatic rings. The summed E-state index contributed by atoms with van der Waals surface area (Å²) in [5.41, 5.74) is 2.75. The first-order chi connectivity index (χ1) is 12.8. The van der Waals surface area contributed by atoms with E-state index in [2.05, 4.69) is 9.82 Å². The van der Waals surface area contributed by atoms with Crippen LogP contribution in [0.1, 0.15) is 40.7 Å². The third-order valence-electron chi connectivity index (χ3n) is 4.15. The molecule has 0 aliphatic heterocycles. The second-order valence-corrected chi connectivity index (χ2v) is 7.87. The van der Waals surface area contributed by atoms with Gasteiger partial charge in [-0.1, -0.05) is 31.5 Å². The van der Waals surface area contributed by atoms with Gasteiger partial charge in [0.2, 0.25) is 5.09 Å². The number of nitrogens with one attached hydrogen (secondary N) is 1. The van der Waals surface area contributed by atoms with Gasteiger partial charge in [0.25, 0.3) is 15.9 Å². The number of para-hydroxylation sites is 1. The summed E-state index contributed by atoms with van der Waals surface area (Å²) in [5, 5.41) is 4.04. The maximum absolute atomic E-state index is 12.7. The van der Waals surface area contributed by atoms with Crippen molar-refractivity contribution >= 4 is 15.9 Å². The normalized spacial score (nSPS) is 11.5. The zero-order valence-corrected chi connectivity index (χ0v) is 16.2. The van der Waals surface area contributed by atoms with E-state index in [4.69, 9.17) is 4.42 Å². The first-order valence-electron chi connectivity index (χ1n) is 8.60. The number of benzene rings is 1. The summed E-state index contributed by atoms with van der Waals surface area (Å²) in [6.07, 6.45) is 2.76. The molecule has 0 aliphatic carbocycles. The Morgan fingerprint density at radius 3 is 2.56 bits per heavy atom. The van der Waals surface area contributed by atoms with Gasteiger partial charge in [0.15, 0.2) is 0 Å². The van der Waals surface area contributed by atoms with E-state index in [-0.39, 0.29) is 10.7 Å². The third-order valence-corrected chi connectivity index (χ3v) is 5.35. The molecule has 3 aromatic rings. The molecule has 3 rings (SSSR count). The number of furan rings is 1. The minimum absolute atomic E-state index is 0.229. The predicted molar refractivity (Wildman–Crippen MR) is 100 cm³/mol. The summed E-state index contributed by atoms with van der Waals surface area (Å²) in [5.74, 6) is -0.283. The molecular weight excluding hydrogens is 366 g/mol. The van der Waals surface area contributed by atoms with Gasteiger partial charge in [0.05, 0.1) is 23.1 Å². The van der Waals surface area contributed by atoms with Crippen molar-refractivity contribution in [3.8, 4) is 5.69 Å². The molecule has 27 heavy (non-hydrogen) atoms. The number of hydrogen-bond donors (Lipinski definition) is 1. The van der Waals surface area contributed by atoms with Crippen LogP contribution in [-0.4, -0.2) is 24.1 Å². The Kier molecular flexibility index (Phi) is 5.18. The highest BCUT2D eigenvalue weighted by molar-refractivity contribution is 7.90. The molecule has 1 N–H and O–H groups in total. The number of carbonyl (C=O) groups excluding carboxylic acids is 1. The van der Waals surface area contributed by atoms with Crippen LogP contribution < -0.4 is 4.72 Å². The van der Waals surface area contributed by atoms with Crippen molar-refractivity contribution in [1.82, 2.24) is 14.5 Å². The molecule has 1 amide bonds. The van der Waals surface area contributed by atoms with Crippen LogP contribution in [0.15, 0.2) is 52.1 Å². The number of amides is 1. The quantitative estimate of drug-likeness (QED) is 0.701. The molecule has 0 bridgehead atoms. The minimum Gasteiger partial charge on any atom is -0.448 e. The first-order valence-corrected chi connectivity index (χ1v) is 10.1. The van der Waals surface area contributed by atoms with Crippen molar-refractivity contribution in [2.45, 2.75) is 38.7 Å². The van der Waals surface area contributed by atoms with Crippen LogP contribution in [0.3, 0.4) is 0 Å². The van der Waals surface area contributed by atoms with Gasteiger partial charge < -0.3 is 4.42 Å². The molecule has 0 saturated heterocycles. The maximum Gasteiger partial charge on any atom is 0.297 e. The predicted octanol–water partition coefficient (Wildman–Crippen LogP) is 3.15. The fourth-order valence-corrected chi connectivity index (χ4v) is 3.78. The smallest absolute Gasteiger partial charge is 0.297 e. The minimum atomic E-state index is -4.09. The number of rotatable bonds is 6. The van der Waals surface area contributed by atoms with Crippen LogP contribution in [0.2, 0.25) is 0 Å². The van der Waals surface area contributed by atoms with Gasteiger partial charge in [-0.2, -0.15) is 13.5 Å². The zero-order valence-electron chi connectivity index (χ0n) is 15.4. The number of aromatic nitrogens is 2. The highest BCUT2D eigenvalue weighted by atomic mass is 32.2. The van der Waals surface area contributed by atoms with Gasteiger partial charge in [0.1, 0.15) is 5.76 Å². The second-order valence-electron chi connectivity index (χ2n) is 6.25. The Bertz CT molecular complexity index is 1080. The van der Waals surface area contributed by atoms with Gasteiger partial charge >= 0.3 is 0 Å². The molecule has 142 valence electrons. The lowest BCUT2D eigenvalue weighted by Crippen LogP contribution is -2.31. The molecule has 2 heterocycles. The standard InChI is InChI=1S/C19H21N3O4S/c1-4-7-17-15(12-20-22(17)16-9-6-5-8-13(16)2)19(23)21-27(24,25)18-11-10-14(3)26-18/h5-6,8-12H,4,7H2,1-3H3,(H,21,23). The fraction of sp³-hybridized carbons (Fsp3) is 0.263.